The number of ether oxygens (including phenoxy) is 1. The molecule has 3 N–H and O–H groups in total. The van der Waals surface area contributed by atoms with Gasteiger partial charge in [0.15, 0.2) is 0 Å². The highest BCUT2D eigenvalue weighted by Gasteiger charge is 2.15. The van der Waals surface area contributed by atoms with Gasteiger partial charge in [0.1, 0.15) is 11.3 Å². The van der Waals surface area contributed by atoms with E-state index >= 15 is 0 Å². The number of nitrogens with one attached hydrogen (secondary N) is 3. The van der Waals surface area contributed by atoms with Crippen LogP contribution >= 0.6 is 23.3 Å². The molecule has 5 aromatic rings. The molecule has 0 spiro atoms. The number of hydrogen-bond acceptors (Lipinski definition) is 7. The molecule has 5 heterocycles. The Bertz CT molecular complexity index is 1540. The Balaban J connectivity index is 1.51. The van der Waals surface area contributed by atoms with E-state index < -0.39 is 0 Å². The molecular formula is C25H19N5O2S2. The normalized spacial score (nSPS) is 13.1. The number of pyridine rings is 2. The fraction of sp³-hybridized carbons (Fsp3) is 0.0800. The van der Waals surface area contributed by atoms with Crippen molar-refractivity contribution >= 4 is 45.9 Å². The number of fused-ring (bicyclic) bond motifs is 9. The molecule has 1 aromatic carbocycles. The molecule has 0 unspecified atom stereocenters. The Morgan fingerprint density at radius 3 is 2.88 bits per heavy atom. The second-order valence-corrected chi connectivity index (χ2v) is 9.81. The molecule has 1 amide bonds. The van der Waals surface area contributed by atoms with Crippen LogP contribution in [0.25, 0.3) is 32.7 Å². The van der Waals surface area contributed by atoms with E-state index in [4.69, 9.17) is 4.74 Å². The van der Waals surface area contributed by atoms with Crippen molar-refractivity contribution in [2.45, 2.75) is 11.4 Å². The number of rotatable bonds is 1. The molecule has 0 saturated carbocycles. The zero-order valence-corrected chi connectivity index (χ0v) is 19.7. The molecule has 0 atom stereocenters. The molecule has 9 heteroatoms. The highest BCUT2D eigenvalue weighted by Crippen LogP contribution is 2.37. The number of methoxy groups -OCH3 is 1. The highest BCUT2D eigenvalue weighted by atomic mass is 32.2. The lowest BCUT2D eigenvalue weighted by molar-refractivity contribution is 0.0951. The number of nitrogens with zero attached hydrogens (tertiary/aromatic N) is 2. The molecule has 1 aliphatic rings. The van der Waals surface area contributed by atoms with Crippen LogP contribution in [0.3, 0.4) is 0 Å². The number of aromatic amines is 1. The van der Waals surface area contributed by atoms with Crippen molar-refractivity contribution in [3.8, 4) is 27.6 Å². The Kier molecular flexibility index (Phi) is 5.20. The van der Waals surface area contributed by atoms with E-state index in [0.29, 0.717) is 18.0 Å². The van der Waals surface area contributed by atoms with Crippen molar-refractivity contribution in [2.75, 3.05) is 11.8 Å². The van der Waals surface area contributed by atoms with Crippen LogP contribution in [-0.4, -0.2) is 28.0 Å². The highest BCUT2D eigenvalue weighted by molar-refractivity contribution is 8.00. The molecule has 0 aliphatic carbocycles. The van der Waals surface area contributed by atoms with Crippen LogP contribution in [0, 0.1) is 0 Å². The van der Waals surface area contributed by atoms with Gasteiger partial charge in [0.2, 0.25) is 5.88 Å². The maximum atomic E-state index is 12.8. The quantitative estimate of drug-likeness (QED) is 0.263. The van der Waals surface area contributed by atoms with Crippen molar-refractivity contribution in [2.24, 2.45) is 0 Å². The number of hydrogen-bond donors (Lipinski definition) is 3. The standard InChI is InChI=1S/C25H19N5O2S2/c1-32-25-21-10-15(12-28-25)20-11-19-18(7-8-26-23(19)29-20)22-6-5-17(33-22)13-27-24(31)14-3-2-4-16(9-14)34-30-21/h2-12,30H,13H2,1H3,(H,26,29)(H,27,31). The van der Waals surface area contributed by atoms with Gasteiger partial charge in [-0.15, -0.1) is 11.3 Å². The third-order valence-corrected chi connectivity index (χ3v) is 7.54. The number of benzene rings is 1. The van der Waals surface area contributed by atoms with Crippen molar-refractivity contribution in [3.05, 3.63) is 77.4 Å². The molecule has 0 radical (unpaired) electrons. The van der Waals surface area contributed by atoms with Gasteiger partial charge in [0.05, 0.1) is 13.7 Å². The van der Waals surface area contributed by atoms with E-state index in [1.54, 1.807) is 24.6 Å². The third-order valence-electron chi connectivity index (χ3n) is 5.61. The van der Waals surface area contributed by atoms with E-state index in [9.17, 15) is 4.79 Å². The van der Waals surface area contributed by atoms with Crippen LogP contribution in [0.5, 0.6) is 5.88 Å². The third kappa shape index (κ3) is 3.78. The Morgan fingerprint density at radius 1 is 1.03 bits per heavy atom. The summed E-state index contributed by atoms with van der Waals surface area (Å²) in [5, 5.41) is 4.07. The van der Waals surface area contributed by atoms with Crippen molar-refractivity contribution in [3.63, 3.8) is 0 Å². The van der Waals surface area contributed by atoms with Gasteiger partial charge >= 0.3 is 0 Å². The van der Waals surface area contributed by atoms with Crippen LogP contribution in [0.15, 0.2) is 71.9 Å². The predicted molar refractivity (Wildman–Crippen MR) is 136 cm³/mol. The largest absolute Gasteiger partial charge is 0.480 e. The minimum atomic E-state index is -0.110. The first-order chi connectivity index (χ1) is 16.7. The van der Waals surface area contributed by atoms with Crippen LogP contribution in [0.1, 0.15) is 15.2 Å². The molecule has 0 fully saturated rings. The summed E-state index contributed by atoms with van der Waals surface area (Å²) in [6.07, 6.45) is 3.59. The lowest BCUT2D eigenvalue weighted by atomic mass is 10.1. The number of anilines is 1. The first-order valence-electron chi connectivity index (χ1n) is 10.6. The molecule has 6 rings (SSSR count). The summed E-state index contributed by atoms with van der Waals surface area (Å²) < 4.78 is 8.79. The average Bonchev–Trinajstić information content (AvgIpc) is 3.53. The number of carbonyl (C=O) groups excluding carboxylic acids is 1. The van der Waals surface area contributed by atoms with Crippen LogP contribution in [0.4, 0.5) is 5.69 Å². The molecule has 7 nitrogen and oxygen atoms in total. The summed E-state index contributed by atoms with van der Waals surface area (Å²) >= 11 is 3.06. The fourth-order valence-corrected chi connectivity index (χ4v) is 5.63. The first kappa shape index (κ1) is 20.8. The van der Waals surface area contributed by atoms with Gasteiger partial charge in [-0.1, -0.05) is 6.07 Å². The summed E-state index contributed by atoms with van der Waals surface area (Å²) in [5.41, 5.74) is 5.08. The van der Waals surface area contributed by atoms with E-state index in [1.807, 2.05) is 42.6 Å². The molecular weight excluding hydrogens is 466 g/mol. The van der Waals surface area contributed by atoms with Gasteiger partial charge in [0, 0.05) is 54.8 Å². The van der Waals surface area contributed by atoms with Gasteiger partial charge in [-0.25, -0.2) is 9.97 Å². The Labute approximate surface area is 203 Å². The first-order valence-corrected chi connectivity index (χ1v) is 12.2. The lowest BCUT2D eigenvalue weighted by Gasteiger charge is -2.11. The zero-order valence-electron chi connectivity index (χ0n) is 18.1. The van der Waals surface area contributed by atoms with Gasteiger partial charge < -0.3 is 19.8 Å². The Morgan fingerprint density at radius 2 is 1.97 bits per heavy atom. The lowest BCUT2D eigenvalue weighted by Crippen LogP contribution is -2.22. The van der Waals surface area contributed by atoms with Crippen LogP contribution in [0.2, 0.25) is 0 Å². The Hall–Kier alpha value is -3.82. The molecule has 4 aromatic heterocycles. The van der Waals surface area contributed by atoms with Crippen molar-refractivity contribution < 1.29 is 9.53 Å². The summed E-state index contributed by atoms with van der Waals surface area (Å²) in [4.78, 5) is 28.4. The van der Waals surface area contributed by atoms with Crippen molar-refractivity contribution in [1.82, 2.24) is 20.3 Å². The van der Waals surface area contributed by atoms with Crippen LogP contribution in [-0.2, 0) is 6.54 Å². The van der Waals surface area contributed by atoms with E-state index in [1.165, 1.54) is 11.9 Å². The number of amides is 1. The average molecular weight is 486 g/mol. The van der Waals surface area contributed by atoms with Gasteiger partial charge in [-0.2, -0.15) is 0 Å². The summed E-state index contributed by atoms with van der Waals surface area (Å²) in [7, 11) is 1.59. The van der Waals surface area contributed by atoms with Gasteiger partial charge in [-0.3, -0.25) is 4.79 Å². The smallest absolute Gasteiger partial charge is 0.251 e. The minimum Gasteiger partial charge on any atom is -0.480 e. The van der Waals surface area contributed by atoms with E-state index in [0.717, 1.165) is 48.2 Å². The summed E-state index contributed by atoms with van der Waals surface area (Å²) in [6.45, 7) is 0.471. The summed E-state index contributed by atoms with van der Waals surface area (Å²) in [6, 6.07) is 17.8. The maximum Gasteiger partial charge on any atom is 0.251 e. The predicted octanol–water partition coefficient (Wildman–Crippen LogP) is 5.72. The molecule has 0 saturated heterocycles. The molecule has 168 valence electrons. The monoisotopic (exact) mass is 485 g/mol. The number of aromatic nitrogens is 3. The zero-order chi connectivity index (χ0) is 23.1. The molecule has 1 aliphatic heterocycles. The molecule has 8 bridgehead atoms. The van der Waals surface area contributed by atoms with Crippen molar-refractivity contribution in [1.29, 1.82) is 0 Å². The molecule has 34 heavy (non-hydrogen) atoms. The van der Waals surface area contributed by atoms with Gasteiger partial charge in [-0.05, 0) is 60.5 Å². The van der Waals surface area contributed by atoms with Gasteiger partial charge in [0.25, 0.3) is 5.91 Å². The second kappa shape index (κ2) is 8.51. The van der Waals surface area contributed by atoms with Crippen LogP contribution < -0.4 is 14.8 Å². The van der Waals surface area contributed by atoms with E-state index in [-0.39, 0.29) is 5.91 Å². The minimum absolute atomic E-state index is 0.110. The topological polar surface area (TPSA) is 91.9 Å². The number of thiophene rings is 1. The fourth-order valence-electron chi connectivity index (χ4n) is 3.93. The number of carbonyl (C=O) groups is 1. The maximum absolute atomic E-state index is 12.8. The summed E-state index contributed by atoms with van der Waals surface area (Å²) in [5.74, 6) is 0.377. The second-order valence-electron chi connectivity index (χ2n) is 7.77. The van der Waals surface area contributed by atoms with E-state index in [2.05, 4.69) is 43.2 Å². The number of H-pyrrole nitrogens is 1. The SMILES string of the molecule is COc1ncc2cc1NSc1cccc(c1)C(=O)NCc1ccc(s1)-c1ccnc3[nH]c-2cc13.